The number of rotatable bonds is 7. The van der Waals surface area contributed by atoms with Gasteiger partial charge in [-0.2, -0.15) is 0 Å². The number of sulfonamides is 1. The molecule has 162 valence electrons. The average Bonchev–Trinajstić information content (AvgIpc) is 2.97. The van der Waals surface area contributed by atoms with Crippen molar-refractivity contribution < 1.29 is 13.2 Å². The molecule has 1 aliphatic heterocycles. The number of hydrogen-bond donors (Lipinski definition) is 2. The van der Waals surface area contributed by atoms with E-state index in [9.17, 15) is 13.2 Å². The molecule has 1 aromatic heterocycles. The maximum atomic E-state index is 12.6. The molecule has 0 bridgehead atoms. The standard InChI is InChI=1S/C22H29N3O3S2/c1-3-8-19-16(4-2)15-20(29-19)22(26)24-17-10-12-18(13-11-17)30(27,28)25-21-9-6-5-7-14-23-21/h10-13,15H,3-9,14H2,1-2H3,(H,23,25)(H,24,26). The van der Waals surface area contributed by atoms with Gasteiger partial charge in [0.25, 0.3) is 15.9 Å². The molecule has 2 aromatic rings. The summed E-state index contributed by atoms with van der Waals surface area (Å²) >= 11 is 1.53. The Morgan fingerprint density at radius 1 is 1.13 bits per heavy atom. The van der Waals surface area contributed by atoms with Gasteiger partial charge in [0.15, 0.2) is 0 Å². The minimum atomic E-state index is -3.68. The number of thiophene rings is 1. The molecule has 0 aliphatic carbocycles. The van der Waals surface area contributed by atoms with E-state index in [1.165, 1.54) is 33.9 Å². The number of benzene rings is 1. The van der Waals surface area contributed by atoms with E-state index in [2.05, 4.69) is 28.9 Å². The minimum Gasteiger partial charge on any atom is -0.321 e. The molecule has 1 aromatic carbocycles. The van der Waals surface area contributed by atoms with Gasteiger partial charge in [-0.25, -0.2) is 8.42 Å². The van der Waals surface area contributed by atoms with Crippen molar-refractivity contribution in [2.75, 3.05) is 11.9 Å². The third kappa shape index (κ3) is 5.70. The van der Waals surface area contributed by atoms with E-state index < -0.39 is 10.0 Å². The van der Waals surface area contributed by atoms with Gasteiger partial charge < -0.3 is 5.32 Å². The quantitative estimate of drug-likeness (QED) is 0.641. The van der Waals surface area contributed by atoms with Crippen molar-refractivity contribution in [2.24, 2.45) is 4.99 Å². The zero-order chi connectivity index (χ0) is 21.6. The summed E-state index contributed by atoms with van der Waals surface area (Å²) < 4.78 is 27.9. The zero-order valence-corrected chi connectivity index (χ0v) is 19.2. The zero-order valence-electron chi connectivity index (χ0n) is 17.5. The fourth-order valence-corrected chi connectivity index (χ4v) is 5.74. The largest absolute Gasteiger partial charge is 0.321 e. The van der Waals surface area contributed by atoms with Crippen molar-refractivity contribution in [3.8, 4) is 0 Å². The number of hydrogen-bond acceptors (Lipinski definition) is 5. The molecule has 8 heteroatoms. The second kappa shape index (κ2) is 10.2. The molecule has 0 radical (unpaired) electrons. The Hall–Kier alpha value is -2.19. The SMILES string of the molecule is CCCc1sc(C(=O)Nc2ccc(S(=O)(=O)NC3=NCCCCC3)cc2)cc1CC. The van der Waals surface area contributed by atoms with Crippen LogP contribution in [0.5, 0.6) is 0 Å². The normalized spacial score (nSPS) is 14.7. The summed E-state index contributed by atoms with van der Waals surface area (Å²) in [6.07, 6.45) is 6.57. The van der Waals surface area contributed by atoms with Crippen molar-refractivity contribution in [3.05, 3.63) is 45.6 Å². The van der Waals surface area contributed by atoms with E-state index in [1.807, 2.05) is 6.07 Å². The Kier molecular flexibility index (Phi) is 7.66. The Bertz CT molecular complexity index is 1010. The Morgan fingerprint density at radius 3 is 2.60 bits per heavy atom. The number of anilines is 1. The Balaban J connectivity index is 1.68. The molecule has 0 saturated heterocycles. The van der Waals surface area contributed by atoms with E-state index in [-0.39, 0.29) is 10.8 Å². The van der Waals surface area contributed by atoms with Crippen LogP contribution in [0.4, 0.5) is 5.69 Å². The van der Waals surface area contributed by atoms with Gasteiger partial charge in [-0.1, -0.05) is 26.7 Å². The van der Waals surface area contributed by atoms with Gasteiger partial charge in [0.2, 0.25) is 0 Å². The molecule has 1 amide bonds. The van der Waals surface area contributed by atoms with Gasteiger partial charge >= 0.3 is 0 Å². The summed E-state index contributed by atoms with van der Waals surface area (Å²) in [5.74, 6) is 0.357. The fraction of sp³-hybridized carbons (Fsp3) is 0.455. The number of carbonyl (C=O) groups is 1. The first kappa shape index (κ1) is 22.5. The third-order valence-corrected chi connectivity index (χ3v) is 7.66. The second-order valence-electron chi connectivity index (χ2n) is 7.39. The molecule has 0 atom stereocenters. The summed E-state index contributed by atoms with van der Waals surface area (Å²) in [4.78, 5) is 19.1. The lowest BCUT2D eigenvalue weighted by molar-refractivity contribution is 0.103. The highest BCUT2D eigenvalue weighted by atomic mass is 32.2. The van der Waals surface area contributed by atoms with Gasteiger partial charge in [0.1, 0.15) is 5.84 Å². The van der Waals surface area contributed by atoms with Gasteiger partial charge in [-0.15, -0.1) is 11.3 Å². The lowest BCUT2D eigenvalue weighted by atomic mass is 10.1. The van der Waals surface area contributed by atoms with Crippen molar-refractivity contribution in [2.45, 2.75) is 63.7 Å². The predicted octanol–water partition coefficient (Wildman–Crippen LogP) is 4.77. The van der Waals surface area contributed by atoms with Crippen LogP contribution in [0.25, 0.3) is 0 Å². The minimum absolute atomic E-state index is 0.155. The van der Waals surface area contributed by atoms with Crippen molar-refractivity contribution in [1.82, 2.24) is 4.72 Å². The molecule has 0 saturated carbocycles. The molecule has 1 aliphatic rings. The maximum absolute atomic E-state index is 12.6. The molecule has 2 heterocycles. The highest BCUT2D eigenvalue weighted by Crippen LogP contribution is 2.26. The first-order valence-corrected chi connectivity index (χ1v) is 12.8. The first-order valence-electron chi connectivity index (χ1n) is 10.5. The molecule has 0 fully saturated rings. The Morgan fingerprint density at radius 2 is 1.90 bits per heavy atom. The van der Waals surface area contributed by atoms with Gasteiger partial charge in [-0.05, 0) is 61.6 Å². The molecule has 0 unspecified atom stereocenters. The smallest absolute Gasteiger partial charge is 0.265 e. The van der Waals surface area contributed by atoms with Crippen LogP contribution in [0, 0.1) is 0 Å². The van der Waals surface area contributed by atoms with Crippen LogP contribution in [-0.2, 0) is 22.9 Å². The fourth-order valence-electron chi connectivity index (χ4n) is 3.40. The van der Waals surface area contributed by atoms with Crippen molar-refractivity contribution >= 4 is 38.8 Å². The molecule has 2 N–H and O–H groups in total. The summed E-state index contributed by atoms with van der Waals surface area (Å²) in [5, 5.41) is 2.87. The van der Waals surface area contributed by atoms with E-state index in [0.29, 0.717) is 29.4 Å². The number of amidine groups is 1. The first-order chi connectivity index (χ1) is 14.4. The second-order valence-corrected chi connectivity index (χ2v) is 10.2. The highest BCUT2D eigenvalue weighted by molar-refractivity contribution is 7.90. The van der Waals surface area contributed by atoms with E-state index in [4.69, 9.17) is 0 Å². The molecule has 30 heavy (non-hydrogen) atoms. The lowest BCUT2D eigenvalue weighted by Crippen LogP contribution is -2.30. The molecule has 3 rings (SSSR count). The molecular formula is C22H29N3O3S2. The Labute approximate surface area is 182 Å². The van der Waals surface area contributed by atoms with Crippen LogP contribution in [0.2, 0.25) is 0 Å². The van der Waals surface area contributed by atoms with E-state index >= 15 is 0 Å². The van der Waals surface area contributed by atoms with Crippen LogP contribution in [-0.4, -0.2) is 26.7 Å². The summed E-state index contributed by atoms with van der Waals surface area (Å²) in [6, 6.07) is 8.19. The van der Waals surface area contributed by atoms with Crippen LogP contribution in [0.3, 0.4) is 0 Å². The number of aliphatic imine (C=N–C) groups is 1. The average molecular weight is 448 g/mol. The van der Waals surface area contributed by atoms with Crippen LogP contribution >= 0.6 is 11.3 Å². The van der Waals surface area contributed by atoms with Crippen LogP contribution in [0.15, 0.2) is 40.2 Å². The highest BCUT2D eigenvalue weighted by Gasteiger charge is 2.18. The monoisotopic (exact) mass is 447 g/mol. The topological polar surface area (TPSA) is 87.6 Å². The lowest BCUT2D eigenvalue weighted by Gasteiger charge is -2.10. The summed E-state index contributed by atoms with van der Waals surface area (Å²) in [5.41, 5.74) is 1.79. The predicted molar refractivity (Wildman–Crippen MR) is 123 cm³/mol. The van der Waals surface area contributed by atoms with Crippen LogP contribution < -0.4 is 10.0 Å². The molecule has 6 nitrogen and oxygen atoms in total. The van der Waals surface area contributed by atoms with Crippen molar-refractivity contribution in [1.29, 1.82) is 0 Å². The number of nitrogens with zero attached hydrogens (tertiary/aromatic N) is 1. The third-order valence-electron chi connectivity index (χ3n) is 5.03. The van der Waals surface area contributed by atoms with Gasteiger partial charge in [0, 0.05) is 23.5 Å². The van der Waals surface area contributed by atoms with E-state index in [0.717, 1.165) is 38.5 Å². The number of amides is 1. The van der Waals surface area contributed by atoms with Gasteiger partial charge in [0.05, 0.1) is 9.77 Å². The maximum Gasteiger partial charge on any atom is 0.265 e. The molecular weight excluding hydrogens is 418 g/mol. The summed E-state index contributed by atoms with van der Waals surface area (Å²) in [7, 11) is -3.68. The van der Waals surface area contributed by atoms with Gasteiger partial charge in [-0.3, -0.25) is 14.5 Å². The van der Waals surface area contributed by atoms with Crippen molar-refractivity contribution in [3.63, 3.8) is 0 Å². The van der Waals surface area contributed by atoms with E-state index in [1.54, 1.807) is 12.1 Å². The number of nitrogens with one attached hydrogen (secondary N) is 2. The summed E-state index contributed by atoms with van der Waals surface area (Å²) in [6.45, 7) is 4.88. The number of aryl methyl sites for hydroxylation is 2. The number of carbonyl (C=O) groups excluding carboxylic acids is 1. The molecule has 0 spiro atoms. The van der Waals surface area contributed by atoms with Crippen LogP contribution in [0.1, 0.15) is 66.1 Å².